The first-order valence-electron chi connectivity index (χ1n) is 6.58. The Hall–Kier alpha value is -0.810. The third-order valence-electron chi connectivity index (χ3n) is 3.58. The topological polar surface area (TPSA) is 58.0 Å². The van der Waals surface area contributed by atoms with E-state index in [9.17, 15) is 5.11 Å². The quantitative estimate of drug-likeness (QED) is 0.648. The maximum absolute atomic E-state index is 9.47. The molecule has 1 fully saturated rings. The van der Waals surface area contributed by atoms with E-state index in [0.717, 1.165) is 23.7 Å². The van der Waals surface area contributed by atoms with Crippen LogP contribution in [0.2, 0.25) is 0 Å². The predicted molar refractivity (Wildman–Crippen MR) is 74.9 cm³/mol. The van der Waals surface area contributed by atoms with E-state index in [2.05, 4.69) is 15.5 Å². The number of aromatic nitrogens is 2. The Morgan fingerprint density at radius 2 is 2.11 bits per heavy atom. The summed E-state index contributed by atoms with van der Waals surface area (Å²) in [5.74, 6) is 1.16. The zero-order valence-electron chi connectivity index (χ0n) is 10.8. The highest BCUT2D eigenvalue weighted by Gasteiger charge is 2.23. The van der Waals surface area contributed by atoms with Crippen molar-refractivity contribution in [3.05, 3.63) is 12.1 Å². The summed E-state index contributed by atoms with van der Waals surface area (Å²) in [6, 6.07) is 4.27. The molecular formula is C13H21N3OS. The van der Waals surface area contributed by atoms with Crippen LogP contribution in [0.4, 0.5) is 5.82 Å². The molecule has 0 aromatic carbocycles. The Balaban J connectivity index is 2.00. The Kier molecular flexibility index (Phi) is 5.26. The monoisotopic (exact) mass is 267 g/mol. The van der Waals surface area contributed by atoms with Gasteiger partial charge in [0.2, 0.25) is 0 Å². The van der Waals surface area contributed by atoms with Crippen LogP contribution in [-0.2, 0) is 0 Å². The number of nitrogens with zero attached hydrogens (tertiary/aromatic N) is 2. The standard InChI is InChI=1S/C13H21N3OS/c1-18-13-8-7-12(15-16-13)14-11-6-4-2-3-5-10(11)9-17/h7-8,10-11,17H,2-6,9H2,1H3,(H,14,15). The number of hydrogen-bond acceptors (Lipinski definition) is 5. The molecule has 0 amide bonds. The Labute approximate surface area is 113 Å². The van der Waals surface area contributed by atoms with Gasteiger partial charge in [-0.25, -0.2) is 0 Å². The van der Waals surface area contributed by atoms with Gasteiger partial charge in [0, 0.05) is 18.6 Å². The lowest BCUT2D eigenvalue weighted by atomic mass is 9.96. The molecule has 0 radical (unpaired) electrons. The lowest BCUT2D eigenvalue weighted by molar-refractivity contribution is 0.203. The highest BCUT2D eigenvalue weighted by molar-refractivity contribution is 7.98. The van der Waals surface area contributed by atoms with E-state index in [1.807, 2.05) is 18.4 Å². The molecule has 5 heteroatoms. The molecule has 1 aliphatic carbocycles. The lowest BCUT2D eigenvalue weighted by Gasteiger charge is -2.24. The average molecular weight is 267 g/mol. The summed E-state index contributed by atoms with van der Waals surface area (Å²) in [5, 5.41) is 22.1. The fourth-order valence-electron chi connectivity index (χ4n) is 2.49. The van der Waals surface area contributed by atoms with Gasteiger partial charge in [-0.15, -0.1) is 22.0 Å². The number of anilines is 1. The molecule has 0 saturated heterocycles. The van der Waals surface area contributed by atoms with Gasteiger partial charge in [-0.2, -0.15) is 0 Å². The van der Waals surface area contributed by atoms with Crippen molar-refractivity contribution in [1.29, 1.82) is 0 Å². The molecule has 1 aromatic rings. The zero-order chi connectivity index (χ0) is 12.8. The third-order valence-corrected chi connectivity index (χ3v) is 4.21. The van der Waals surface area contributed by atoms with Gasteiger partial charge >= 0.3 is 0 Å². The molecule has 18 heavy (non-hydrogen) atoms. The molecule has 0 aliphatic heterocycles. The van der Waals surface area contributed by atoms with Crippen molar-refractivity contribution in [3.63, 3.8) is 0 Å². The summed E-state index contributed by atoms with van der Waals surface area (Å²) in [5.41, 5.74) is 0. The summed E-state index contributed by atoms with van der Waals surface area (Å²) in [6.07, 6.45) is 7.92. The van der Waals surface area contributed by atoms with Crippen LogP contribution in [0.25, 0.3) is 0 Å². The van der Waals surface area contributed by atoms with Gasteiger partial charge in [0.05, 0.1) is 0 Å². The first-order valence-corrected chi connectivity index (χ1v) is 7.81. The van der Waals surface area contributed by atoms with Gasteiger partial charge in [0.15, 0.2) is 0 Å². The Bertz CT molecular complexity index is 358. The smallest absolute Gasteiger partial charge is 0.148 e. The van der Waals surface area contributed by atoms with Crippen molar-refractivity contribution in [3.8, 4) is 0 Å². The molecule has 2 N–H and O–H groups in total. The van der Waals surface area contributed by atoms with Gasteiger partial charge in [0.1, 0.15) is 10.8 Å². The molecule has 0 bridgehead atoms. The van der Waals surface area contributed by atoms with Crippen molar-refractivity contribution in [2.75, 3.05) is 18.2 Å². The van der Waals surface area contributed by atoms with Crippen LogP contribution in [0.1, 0.15) is 32.1 Å². The normalized spacial score (nSPS) is 24.6. The second-order valence-corrected chi connectivity index (χ2v) is 5.62. The van der Waals surface area contributed by atoms with E-state index in [0.29, 0.717) is 12.0 Å². The predicted octanol–water partition coefficient (Wildman–Crippen LogP) is 2.55. The van der Waals surface area contributed by atoms with Gasteiger partial charge in [0.25, 0.3) is 0 Å². The minimum atomic E-state index is 0.258. The summed E-state index contributed by atoms with van der Waals surface area (Å²) >= 11 is 1.59. The number of aliphatic hydroxyl groups is 1. The van der Waals surface area contributed by atoms with Crippen molar-refractivity contribution in [2.24, 2.45) is 5.92 Å². The highest BCUT2D eigenvalue weighted by atomic mass is 32.2. The fourth-order valence-corrected chi connectivity index (χ4v) is 2.82. The van der Waals surface area contributed by atoms with E-state index in [1.165, 1.54) is 19.3 Å². The van der Waals surface area contributed by atoms with Crippen LogP contribution >= 0.6 is 11.8 Å². The summed E-state index contributed by atoms with van der Waals surface area (Å²) < 4.78 is 0. The van der Waals surface area contributed by atoms with Gasteiger partial charge in [-0.1, -0.05) is 19.3 Å². The van der Waals surface area contributed by atoms with Crippen LogP contribution in [0.15, 0.2) is 17.2 Å². The fraction of sp³-hybridized carbons (Fsp3) is 0.692. The first-order chi connectivity index (χ1) is 8.83. The van der Waals surface area contributed by atoms with Crippen molar-refractivity contribution in [1.82, 2.24) is 10.2 Å². The minimum Gasteiger partial charge on any atom is -0.396 e. The second-order valence-electron chi connectivity index (χ2n) is 4.79. The first kappa shape index (κ1) is 13.6. The van der Waals surface area contributed by atoms with Crippen LogP contribution in [-0.4, -0.2) is 34.2 Å². The van der Waals surface area contributed by atoms with Gasteiger partial charge in [-0.3, -0.25) is 0 Å². The summed E-state index contributed by atoms with van der Waals surface area (Å²) in [4.78, 5) is 0. The molecule has 2 atom stereocenters. The Morgan fingerprint density at radius 3 is 2.78 bits per heavy atom. The molecule has 0 spiro atoms. The van der Waals surface area contributed by atoms with Gasteiger partial charge < -0.3 is 10.4 Å². The molecule has 2 rings (SSSR count). The Morgan fingerprint density at radius 1 is 1.28 bits per heavy atom. The van der Waals surface area contributed by atoms with E-state index >= 15 is 0 Å². The van der Waals surface area contributed by atoms with Crippen molar-refractivity contribution in [2.45, 2.75) is 43.2 Å². The number of rotatable bonds is 4. The SMILES string of the molecule is CSc1ccc(NC2CCCCCC2CO)nn1. The average Bonchev–Trinajstić information content (AvgIpc) is 2.64. The highest BCUT2D eigenvalue weighted by Crippen LogP contribution is 2.25. The molecule has 100 valence electrons. The van der Waals surface area contributed by atoms with E-state index < -0.39 is 0 Å². The molecule has 2 unspecified atom stereocenters. The summed E-state index contributed by atoms with van der Waals surface area (Å²) in [7, 11) is 0. The minimum absolute atomic E-state index is 0.258. The second kappa shape index (κ2) is 6.95. The maximum Gasteiger partial charge on any atom is 0.148 e. The lowest BCUT2D eigenvalue weighted by Crippen LogP contribution is -2.31. The van der Waals surface area contributed by atoms with Crippen molar-refractivity contribution >= 4 is 17.6 Å². The van der Waals surface area contributed by atoms with E-state index in [-0.39, 0.29) is 6.61 Å². The molecule has 1 saturated carbocycles. The molecule has 1 aromatic heterocycles. The van der Waals surface area contributed by atoms with E-state index in [1.54, 1.807) is 11.8 Å². The third kappa shape index (κ3) is 3.59. The van der Waals surface area contributed by atoms with Crippen molar-refractivity contribution < 1.29 is 5.11 Å². The number of nitrogens with one attached hydrogen (secondary N) is 1. The van der Waals surface area contributed by atoms with Crippen LogP contribution in [0.5, 0.6) is 0 Å². The van der Waals surface area contributed by atoms with Gasteiger partial charge in [-0.05, 0) is 31.2 Å². The summed E-state index contributed by atoms with van der Waals surface area (Å²) in [6.45, 7) is 0.258. The number of thioether (sulfide) groups is 1. The largest absolute Gasteiger partial charge is 0.396 e. The molecule has 1 heterocycles. The zero-order valence-corrected chi connectivity index (χ0v) is 11.6. The maximum atomic E-state index is 9.47. The molecule has 4 nitrogen and oxygen atoms in total. The number of aliphatic hydroxyl groups excluding tert-OH is 1. The van der Waals surface area contributed by atoms with Crippen LogP contribution in [0, 0.1) is 5.92 Å². The van der Waals surface area contributed by atoms with Crippen LogP contribution in [0.3, 0.4) is 0 Å². The molecule has 1 aliphatic rings. The van der Waals surface area contributed by atoms with E-state index in [4.69, 9.17) is 0 Å². The number of hydrogen-bond donors (Lipinski definition) is 2. The molecular weight excluding hydrogens is 246 g/mol. The van der Waals surface area contributed by atoms with Crippen LogP contribution < -0.4 is 5.32 Å².